The molecule has 0 fully saturated rings. The summed E-state index contributed by atoms with van der Waals surface area (Å²) >= 11 is 0. The van der Waals surface area contributed by atoms with Crippen molar-refractivity contribution >= 4 is 18.0 Å². The van der Waals surface area contributed by atoms with Gasteiger partial charge in [0.25, 0.3) is 0 Å². The molecule has 0 aliphatic rings. The van der Waals surface area contributed by atoms with Crippen LogP contribution in [0.3, 0.4) is 0 Å². The van der Waals surface area contributed by atoms with Crippen LogP contribution in [0.25, 0.3) is 0 Å². The molecule has 0 heterocycles. The number of nitrogens with zero attached hydrogens (tertiary/aromatic N) is 1. The molecule has 0 aromatic heterocycles. The molecule has 0 N–H and O–H groups in total. The fourth-order valence-electron chi connectivity index (χ4n) is 1.93. The molecule has 0 unspecified atom stereocenters. The second-order valence-corrected chi connectivity index (χ2v) is 6.24. The van der Waals surface area contributed by atoms with Gasteiger partial charge in [-0.15, -0.1) is 0 Å². The predicted molar refractivity (Wildman–Crippen MR) is 86.8 cm³/mol. The Hall–Kier alpha value is -2.57. The first-order valence-electron chi connectivity index (χ1n) is 7.32. The van der Waals surface area contributed by atoms with Crippen molar-refractivity contribution < 1.29 is 28.6 Å². The van der Waals surface area contributed by atoms with E-state index in [0.29, 0.717) is 5.56 Å². The van der Waals surface area contributed by atoms with E-state index in [9.17, 15) is 14.4 Å². The number of ether oxygens (including phenoxy) is 3. The Balaban J connectivity index is 3.07. The van der Waals surface area contributed by atoms with Crippen LogP contribution in [0.4, 0.5) is 4.79 Å². The standard InChI is InChI=1S/C17H23NO6/c1-17(2,3)24-16(21)18(4)10-11-7-12(14(19)22-5)9-13(8-11)15(20)23-6/h7-9H,10H2,1-6H3. The Morgan fingerprint density at radius 3 is 1.79 bits per heavy atom. The topological polar surface area (TPSA) is 82.1 Å². The molecule has 1 rings (SSSR count). The van der Waals surface area contributed by atoms with Crippen molar-refractivity contribution in [1.29, 1.82) is 0 Å². The van der Waals surface area contributed by atoms with Gasteiger partial charge in [0, 0.05) is 13.6 Å². The zero-order chi connectivity index (χ0) is 18.5. The van der Waals surface area contributed by atoms with Crippen LogP contribution in [-0.2, 0) is 20.8 Å². The van der Waals surface area contributed by atoms with Gasteiger partial charge in [0.15, 0.2) is 0 Å². The molecule has 0 atom stereocenters. The maximum Gasteiger partial charge on any atom is 0.410 e. The number of amides is 1. The average molecular weight is 337 g/mol. The van der Waals surface area contributed by atoms with Gasteiger partial charge < -0.3 is 19.1 Å². The minimum atomic E-state index is -0.615. The summed E-state index contributed by atoms with van der Waals surface area (Å²) in [6, 6.07) is 4.49. The van der Waals surface area contributed by atoms with Crippen LogP contribution in [0.5, 0.6) is 0 Å². The van der Waals surface area contributed by atoms with Crippen LogP contribution in [-0.4, -0.2) is 49.8 Å². The van der Waals surface area contributed by atoms with Crippen LogP contribution in [0, 0.1) is 0 Å². The first-order chi connectivity index (χ1) is 11.1. The Bertz CT molecular complexity index is 598. The molecule has 0 aliphatic carbocycles. The van der Waals surface area contributed by atoms with Crippen LogP contribution in [0.15, 0.2) is 18.2 Å². The van der Waals surface area contributed by atoms with Crippen molar-refractivity contribution in [3.63, 3.8) is 0 Å². The minimum Gasteiger partial charge on any atom is -0.465 e. The predicted octanol–water partition coefficient (Wildman–Crippen LogP) is 2.63. The van der Waals surface area contributed by atoms with E-state index >= 15 is 0 Å². The number of methoxy groups -OCH3 is 2. The summed E-state index contributed by atoms with van der Waals surface area (Å²) in [5.41, 5.74) is 0.365. The van der Waals surface area contributed by atoms with Crippen LogP contribution in [0.2, 0.25) is 0 Å². The molecule has 1 aromatic rings. The van der Waals surface area contributed by atoms with Gasteiger partial charge in [-0.2, -0.15) is 0 Å². The second kappa shape index (κ2) is 7.81. The molecular formula is C17H23NO6. The number of hydrogen-bond donors (Lipinski definition) is 0. The molecule has 24 heavy (non-hydrogen) atoms. The first-order valence-corrected chi connectivity index (χ1v) is 7.32. The summed E-state index contributed by atoms with van der Waals surface area (Å²) in [5.74, 6) is -1.16. The number of esters is 2. The number of rotatable bonds is 4. The second-order valence-electron chi connectivity index (χ2n) is 6.24. The van der Waals surface area contributed by atoms with E-state index in [1.165, 1.54) is 25.2 Å². The minimum absolute atomic E-state index is 0.156. The fraction of sp³-hybridized carbons (Fsp3) is 0.471. The SMILES string of the molecule is COC(=O)c1cc(CN(C)C(=O)OC(C)(C)C)cc(C(=O)OC)c1. The van der Waals surface area contributed by atoms with Gasteiger partial charge in [0.2, 0.25) is 0 Å². The summed E-state index contributed by atoms with van der Waals surface area (Å²) in [7, 11) is 4.07. The Morgan fingerprint density at radius 1 is 0.958 bits per heavy atom. The quantitative estimate of drug-likeness (QED) is 0.620. The third-order valence-corrected chi connectivity index (χ3v) is 2.96. The summed E-state index contributed by atoms with van der Waals surface area (Å²) < 4.78 is 14.6. The van der Waals surface area contributed by atoms with Gasteiger partial charge in [0.05, 0.1) is 25.3 Å². The van der Waals surface area contributed by atoms with Crippen molar-refractivity contribution in [1.82, 2.24) is 4.90 Å². The lowest BCUT2D eigenvalue weighted by Crippen LogP contribution is -2.33. The number of carbonyl (C=O) groups is 3. The molecule has 0 saturated heterocycles. The molecule has 7 heteroatoms. The lowest BCUT2D eigenvalue weighted by molar-refractivity contribution is 0.0285. The first kappa shape index (κ1) is 19.5. The Kier molecular flexibility index (Phi) is 6.34. The molecular weight excluding hydrogens is 314 g/mol. The summed E-state index contributed by atoms with van der Waals surface area (Å²) in [6.45, 7) is 5.47. The van der Waals surface area contributed by atoms with Gasteiger partial charge in [-0.25, -0.2) is 14.4 Å². The highest BCUT2D eigenvalue weighted by atomic mass is 16.6. The highest BCUT2D eigenvalue weighted by Crippen LogP contribution is 2.16. The van der Waals surface area contributed by atoms with Crippen LogP contribution < -0.4 is 0 Å². The van der Waals surface area contributed by atoms with Gasteiger partial charge in [-0.05, 0) is 44.5 Å². The lowest BCUT2D eigenvalue weighted by Gasteiger charge is -2.24. The molecule has 0 radical (unpaired) electrons. The lowest BCUT2D eigenvalue weighted by atomic mass is 10.1. The molecule has 7 nitrogen and oxygen atoms in total. The number of carbonyl (C=O) groups excluding carboxylic acids is 3. The van der Waals surface area contributed by atoms with Crippen molar-refractivity contribution in [2.75, 3.05) is 21.3 Å². The summed E-state index contributed by atoms with van der Waals surface area (Å²) in [6.07, 6.45) is -0.509. The number of benzene rings is 1. The van der Waals surface area contributed by atoms with Gasteiger partial charge in [-0.1, -0.05) is 0 Å². The number of hydrogen-bond acceptors (Lipinski definition) is 6. The van der Waals surface area contributed by atoms with E-state index in [0.717, 1.165) is 0 Å². The van der Waals surface area contributed by atoms with E-state index in [4.69, 9.17) is 4.74 Å². The molecule has 0 saturated carbocycles. The van der Waals surface area contributed by atoms with E-state index < -0.39 is 23.6 Å². The van der Waals surface area contributed by atoms with Crippen LogP contribution in [0.1, 0.15) is 47.1 Å². The Morgan fingerprint density at radius 2 is 1.42 bits per heavy atom. The summed E-state index contributed by atoms with van der Waals surface area (Å²) in [4.78, 5) is 36.9. The third kappa shape index (κ3) is 5.57. The van der Waals surface area contributed by atoms with E-state index in [2.05, 4.69) is 9.47 Å². The smallest absolute Gasteiger partial charge is 0.410 e. The normalized spacial score (nSPS) is 10.8. The zero-order valence-corrected chi connectivity index (χ0v) is 14.8. The maximum atomic E-state index is 12.0. The van der Waals surface area contributed by atoms with E-state index in [1.807, 2.05) is 0 Å². The largest absolute Gasteiger partial charge is 0.465 e. The van der Waals surface area contributed by atoms with Gasteiger partial charge in [-0.3, -0.25) is 0 Å². The van der Waals surface area contributed by atoms with E-state index in [1.54, 1.807) is 40.0 Å². The molecule has 0 spiro atoms. The van der Waals surface area contributed by atoms with Gasteiger partial charge in [0.1, 0.15) is 5.60 Å². The monoisotopic (exact) mass is 337 g/mol. The Labute approximate surface area is 141 Å². The average Bonchev–Trinajstić information content (AvgIpc) is 2.51. The van der Waals surface area contributed by atoms with Crippen molar-refractivity contribution in [2.24, 2.45) is 0 Å². The molecule has 0 aliphatic heterocycles. The van der Waals surface area contributed by atoms with Crippen molar-refractivity contribution in [2.45, 2.75) is 32.9 Å². The van der Waals surface area contributed by atoms with E-state index in [-0.39, 0.29) is 17.7 Å². The summed E-state index contributed by atoms with van der Waals surface area (Å²) in [5, 5.41) is 0. The molecule has 1 amide bonds. The van der Waals surface area contributed by atoms with Crippen molar-refractivity contribution in [3.8, 4) is 0 Å². The third-order valence-electron chi connectivity index (χ3n) is 2.96. The highest BCUT2D eigenvalue weighted by molar-refractivity contribution is 5.95. The molecule has 1 aromatic carbocycles. The molecule has 0 bridgehead atoms. The van der Waals surface area contributed by atoms with Gasteiger partial charge >= 0.3 is 18.0 Å². The zero-order valence-electron chi connectivity index (χ0n) is 14.8. The van der Waals surface area contributed by atoms with Crippen molar-refractivity contribution in [3.05, 3.63) is 34.9 Å². The van der Waals surface area contributed by atoms with Crippen LogP contribution >= 0.6 is 0 Å². The molecule has 132 valence electrons. The fourth-order valence-corrected chi connectivity index (χ4v) is 1.93. The highest BCUT2D eigenvalue weighted by Gasteiger charge is 2.21. The maximum absolute atomic E-state index is 12.0.